The molecule has 2 heterocycles. The smallest absolute Gasteiger partial charge is 0.178 e. The molecule has 4 aliphatic rings. The molecular formula is C16H18O3. The predicted octanol–water partition coefficient (Wildman–Crippen LogP) is 2.19. The van der Waals surface area contributed by atoms with Crippen LogP contribution in [0.4, 0.5) is 0 Å². The van der Waals surface area contributed by atoms with E-state index in [1.807, 2.05) is 6.08 Å². The molecule has 2 fully saturated rings. The highest BCUT2D eigenvalue weighted by atomic mass is 16.6. The standard InChI is InChI=1S/C16H18O3/c1-14(2)5-3-6-15-9-18-10-16(19-13(14)15)7-4-11(17)8-12(15)16/h3-5,7-8,13H,6,9-10H2,1-2H3/t13?,15?,16-/m0/s1. The quantitative estimate of drug-likeness (QED) is 0.625. The van der Waals surface area contributed by atoms with Gasteiger partial charge in [-0.15, -0.1) is 0 Å². The lowest BCUT2D eigenvalue weighted by molar-refractivity contribution is -0.111. The SMILES string of the molecule is CC1(C)C=CCC23COC[C@]4(C=CC(=O)C=C24)OC13. The van der Waals surface area contributed by atoms with Crippen LogP contribution in [-0.2, 0) is 14.3 Å². The van der Waals surface area contributed by atoms with Crippen molar-refractivity contribution in [2.45, 2.75) is 32.0 Å². The topological polar surface area (TPSA) is 35.5 Å². The minimum absolute atomic E-state index is 0.0337. The Bertz CT molecular complexity index is 554. The lowest BCUT2D eigenvalue weighted by Crippen LogP contribution is -2.49. The normalized spacial score (nSPS) is 45.7. The van der Waals surface area contributed by atoms with E-state index in [1.165, 1.54) is 0 Å². The Morgan fingerprint density at radius 1 is 1.26 bits per heavy atom. The molecule has 0 aromatic rings. The summed E-state index contributed by atoms with van der Waals surface area (Å²) in [4.78, 5) is 11.8. The maximum absolute atomic E-state index is 11.8. The van der Waals surface area contributed by atoms with E-state index in [2.05, 4.69) is 26.0 Å². The molecule has 0 aromatic carbocycles. The second-order valence-electron chi connectivity index (χ2n) is 6.76. The molecule has 0 N–H and O–H groups in total. The number of carbonyl (C=O) groups excluding carboxylic acids is 1. The van der Waals surface area contributed by atoms with Crippen LogP contribution in [0.25, 0.3) is 0 Å². The fourth-order valence-corrected chi connectivity index (χ4v) is 4.25. The lowest BCUT2D eigenvalue weighted by atomic mass is 9.60. The van der Waals surface area contributed by atoms with Crippen molar-refractivity contribution in [3.05, 3.63) is 36.0 Å². The molecule has 2 unspecified atom stereocenters. The van der Waals surface area contributed by atoms with Crippen LogP contribution in [0.3, 0.4) is 0 Å². The number of carbonyl (C=O) groups is 1. The van der Waals surface area contributed by atoms with E-state index >= 15 is 0 Å². The molecule has 2 aliphatic heterocycles. The summed E-state index contributed by atoms with van der Waals surface area (Å²) in [5, 5.41) is 0. The van der Waals surface area contributed by atoms with Crippen molar-refractivity contribution in [2.24, 2.45) is 10.8 Å². The van der Waals surface area contributed by atoms with Crippen LogP contribution >= 0.6 is 0 Å². The van der Waals surface area contributed by atoms with Gasteiger partial charge in [-0.05, 0) is 30.2 Å². The molecule has 3 heteroatoms. The first-order valence-corrected chi connectivity index (χ1v) is 6.88. The molecule has 2 aliphatic carbocycles. The average molecular weight is 258 g/mol. The van der Waals surface area contributed by atoms with Crippen LogP contribution in [0.1, 0.15) is 20.3 Å². The van der Waals surface area contributed by atoms with Gasteiger partial charge in [0.15, 0.2) is 5.78 Å². The van der Waals surface area contributed by atoms with E-state index < -0.39 is 5.60 Å². The fraction of sp³-hybridized carbons (Fsp3) is 0.562. The minimum Gasteiger partial charge on any atom is -0.377 e. The predicted molar refractivity (Wildman–Crippen MR) is 70.6 cm³/mol. The first-order valence-electron chi connectivity index (χ1n) is 6.88. The van der Waals surface area contributed by atoms with E-state index in [9.17, 15) is 4.79 Å². The van der Waals surface area contributed by atoms with Gasteiger partial charge in [0, 0.05) is 10.8 Å². The number of ketones is 1. The van der Waals surface area contributed by atoms with Gasteiger partial charge in [0.05, 0.1) is 19.3 Å². The first-order chi connectivity index (χ1) is 8.99. The van der Waals surface area contributed by atoms with Gasteiger partial charge in [-0.1, -0.05) is 26.0 Å². The molecule has 3 nitrogen and oxygen atoms in total. The summed E-state index contributed by atoms with van der Waals surface area (Å²) in [5.41, 5.74) is 0.451. The second kappa shape index (κ2) is 3.28. The van der Waals surface area contributed by atoms with E-state index in [4.69, 9.17) is 9.47 Å². The third kappa shape index (κ3) is 1.27. The van der Waals surface area contributed by atoms with Gasteiger partial charge in [-0.2, -0.15) is 0 Å². The molecule has 2 saturated heterocycles. The zero-order valence-corrected chi connectivity index (χ0v) is 11.3. The molecular weight excluding hydrogens is 240 g/mol. The van der Waals surface area contributed by atoms with Crippen LogP contribution in [-0.4, -0.2) is 30.7 Å². The summed E-state index contributed by atoms with van der Waals surface area (Å²) in [5.74, 6) is 0.0727. The molecule has 4 rings (SSSR count). The second-order valence-corrected chi connectivity index (χ2v) is 6.76. The van der Waals surface area contributed by atoms with Crippen molar-refractivity contribution in [3.63, 3.8) is 0 Å². The summed E-state index contributed by atoms with van der Waals surface area (Å²) in [7, 11) is 0. The van der Waals surface area contributed by atoms with Gasteiger partial charge in [0.25, 0.3) is 0 Å². The summed E-state index contributed by atoms with van der Waals surface area (Å²) >= 11 is 0. The lowest BCUT2D eigenvalue weighted by Gasteiger charge is -2.45. The number of rotatable bonds is 0. The van der Waals surface area contributed by atoms with Crippen molar-refractivity contribution in [3.8, 4) is 0 Å². The maximum atomic E-state index is 11.8. The monoisotopic (exact) mass is 258 g/mol. The highest BCUT2D eigenvalue weighted by Crippen LogP contribution is 2.61. The van der Waals surface area contributed by atoms with Crippen molar-refractivity contribution in [2.75, 3.05) is 13.2 Å². The van der Waals surface area contributed by atoms with E-state index in [1.54, 1.807) is 12.2 Å². The van der Waals surface area contributed by atoms with Gasteiger partial charge >= 0.3 is 0 Å². The summed E-state index contributed by atoms with van der Waals surface area (Å²) in [6.45, 7) is 5.58. The van der Waals surface area contributed by atoms with E-state index in [0.717, 1.165) is 12.0 Å². The maximum Gasteiger partial charge on any atom is 0.178 e. The van der Waals surface area contributed by atoms with Crippen LogP contribution in [0.15, 0.2) is 36.0 Å². The molecule has 3 atom stereocenters. The molecule has 2 bridgehead atoms. The zero-order chi connectivity index (χ0) is 13.3. The Hall–Kier alpha value is -1.19. The Morgan fingerprint density at radius 2 is 2.11 bits per heavy atom. The Kier molecular flexibility index (Phi) is 2.00. The molecule has 1 spiro atoms. The van der Waals surface area contributed by atoms with Crippen LogP contribution < -0.4 is 0 Å². The van der Waals surface area contributed by atoms with Crippen molar-refractivity contribution < 1.29 is 14.3 Å². The Balaban J connectivity index is 1.94. The number of hydrogen-bond donors (Lipinski definition) is 0. The van der Waals surface area contributed by atoms with Crippen LogP contribution in [0, 0.1) is 10.8 Å². The zero-order valence-electron chi connectivity index (χ0n) is 11.3. The van der Waals surface area contributed by atoms with Crippen molar-refractivity contribution >= 4 is 5.78 Å². The van der Waals surface area contributed by atoms with Gasteiger partial charge in [0.2, 0.25) is 0 Å². The number of allylic oxidation sites excluding steroid dienone is 3. The van der Waals surface area contributed by atoms with Crippen LogP contribution in [0.5, 0.6) is 0 Å². The number of hydrogen-bond acceptors (Lipinski definition) is 3. The van der Waals surface area contributed by atoms with Gasteiger partial charge < -0.3 is 9.47 Å². The number of ether oxygens (including phenoxy) is 2. The third-order valence-corrected chi connectivity index (χ3v) is 5.01. The molecule has 19 heavy (non-hydrogen) atoms. The van der Waals surface area contributed by atoms with Crippen LogP contribution in [0.2, 0.25) is 0 Å². The molecule has 100 valence electrons. The largest absolute Gasteiger partial charge is 0.377 e. The molecule has 0 radical (unpaired) electrons. The molecule has 0 amide bonds. The molecule has 0 saturated carbocycles. The van der Waals surface area contributed by atoms with E-state index in [0.29, 0.717) is 13.2 Å². The van der Waals surface area contributed by atoms with E-state index in [-0.39, 0.29) is 22.7 Å². The average Bonchev–Trinajstić information content (AvgIpc) is 2.52. The third-order valence-electron chi connectivity index (χ3n) is 5.01. The fourth-order valence-electron chi connectivity index (χ4n) is 4.25. The van der Waals surface area contributed by atoms with Gasteiger partial charge in [-0.3, -0.25) is 4.79 Å². The van der Waals surface area contributed by atoms with Gasteiger partial charge in [0.1, 0.15) is 5.60 Å². The van der Waals surface area contributed by atoms with Crippen molar-refractivity contribution in [1.29, 1.82) is 0 Å². The first kappa shape index (κ1) is 11.6. The summed E-state index contributed by atoms with van der Waals surface area (Å²) in [6, 6.07) is 0. The summed E-state index contributed by atoms with van der Waals surface area (Å²) < 4.78 is 12.3. The highest BCUT2D eigenvalue weighted by molar-refractivity contribution is 6.02. The van der Waals surface area contributed by atoms with Gasteiger partial charge in [-0.25, -0.2) is 0 Å². The van der Waals surface area contributed by atoms with Crippen molar-refractivity contribution in [1.82, 2.24) is 0 Å². The molecule has 0 aromatic heterocycles. The Labute approximate surface area is 113 Å². The Morgan fingerprint density at radius 3 is 2.95 bits per heavy atom. The highest BCUT2D eigenvalue weighted by Gasteiger charge is 2.66. The summed E-state index contributed by atoms with van der Waals surface area (Å²) in [6.07, 6.45) is 10.7. The minimum atomic E-state index is -0.500.